The highest BCUT2D eigenvalue weighted by Gasteiger charge is 2.24. The Morgan fingerprint density at radius 1 is 1.41 bits per heavy atom. The van der Waals surface area contributed by atoms with E-state index in [0.29, 0.717) is 11.4 Å². The number of amides is 1. The van der Waals surface area contributed by atoms with Crippen molar-refractivity contribution >= 4 is 11.6 Å². The van der Waals surface area contributed by atoms with Crippen molar-refractivity contribution in [3.8, 4) is 5.75 Å². The summed E-state index contributed by atoms with van der Waals surface area (Å²) in [6.45, 7) is 5.49. The summed E-state index contributed by atoms with van der Waals surface area (Å²) in [4.78, 5) is 12.9. The highest BCUT2D eigenvalue weighted by molar-refractivity contribution is 5.97. The van der Waals surface area contributed by atoms with Gasteiger partial charge in [-0.2, -0.15) is 0 Å². The third-order valence-corrected chi connectivity index (χ3v) is 2.37. The van der Waals surface area contributed by atoms with Gasteiger partial charge in [-0.3, -0.25) is 4.79 Å². The number of ether oxygens (including phenoxy) is 1. The molecular formula is C13H18FNO2. The summed E-state index contributed by atoms with van der Waals surface area (Å²) in [5, 5.41) is 0. The molecule has 2 rings (SSSR count). The van der Waals surface area contributed by atoms with E-state index in [0.717, 1.165) is 5.56 Å². The lowest BCUT2D eigenvalue weighted by Crippen LogP contribution is -2.40. The van der Waals surface area contributed by atoms with Crippen molar-refractivity contribution in [3.05, 3.63) is 23.8 Å². The molecule has 0 aromatic heterocycles. The first-order valence-corrected chi connectivity index (χ1v) is 5.82. The molecule has 0 N–H and O–H groups in total. The van der Waals surface area contributed by atoms with Crippen LogP contribution in [-0.4, -0.2) is 25.7 Å². The van der Waals surface area contributed by atoms with Crippen LogP contribution < -0.4 is 9.64 Å². The fourth-order valence-electron chi connectivity index (χ4n) is 1.64. The molecule has 1 aliphatic heterocycles. The van der Waals surface area contributed by atoms with E-state index in [1.807, 2.05) is 32.9 Å². The number of fused-ring (bicyclic) bond motifs is 1. The Morgan fingerprint density at radius 2 is 2.12 bits per heavy atom. The average Bonchev–Trinajstić information content (AvgIpc) is 2.35. The van der Waals surface area contributed by atoms with Crippen molar-refractivity contribution in [2.75, 3.05) is 24.7 Å². The van der Waals surface area contributed by atoms with Crippen LogP contribution in [0.3, 0.4) is 0 Å². The van der Waals surface area contributed by atoms with Crippen LogP contribution in [0.1, 0.15) is 19.4 Å². The smallest absolute Gasteiger partial charge is 0.265 e. The van der Waals surface area contributed by atoms with Gasteiger partial charge in [0.15, 0.2) is 6.61 Å². The molecule has 1 aromatic rings. The van der Waals surface area contributed by atoms with Gasteiger partial charge in [-0.05, 0) is 24.6 Å². The maximum Gasteiger partial charge on any atom is 0.265 e. The van der Waals surface area contributed by atoms with Gasteiger partial charge < -0.3 is 9.64 Å². The monoisotopic (exact) mass is 239 g/mol. The van der Waals surface area contributed by atoms with Gasteiger partial charge in [0, 0.05) is 0 Å². The molecule has 0 fully saturated rings. The summed E-state index contributed by atoms with van der Waals surface area (Å²) in [5.41, 5.74) is 1.72. The zero-order valence-electron chi connectivity index (χ0n) is 10.5. The van der Waals surface area contributed by atoms with Crippen molar-refractivity contribution < 1.29 is 13.9 Å². The Labute approximate surface area is 101 Å². The van der Waals surface area contributed by atoms with Crippen LogP contribution in [0.5, 0.6) is 5.75 Å². The number of hydrogen-bond acceptors (Lipinski definition) is 2. The molecule has 17 heavy (non-hydrogen) atoms. The molecule has 0 saturated heterocycles. The third-order valence-electron chi connectivity index (χ3n) is 2.37. The molecule has 1 amide bonds. The second kappa shape index (κ2) is 6.23. The minimum atomic E-state index is -0.543. The molecule has 0 spiro atoms. The van der Waals surface area contributed by atoms with E-state index < -0.39 is 6.67 Å². The summed E-state index contributed by atoms with van der Waals surface area (Å²) >= 11 is 0. The van der Waals surface area contributed by atoms with Gasteiger partial charge in [0.1, 0.15) is 12.4 Å². The second-order valence-corrected chi connectivity index (χ2v) is 3.49. The van der Waals surface area contributed by atoms with Crippen LogP contribution in [0.15, 0.2) is 18.2 Å². The molecule has 94 valence electrons. The molecule has 1 aliphatic rings. The van der Waals surface area contributed by atoms with Gasteiger partial charge in [-0.15, -0.1) is 0 Å². The molecule has 1 heterocycles. The van der Waals surface area contributed by atoms with Gasteiger partial charge in [0.05, 0.1) is 12.2 Å². The summed E-state index contributed by atoms with van der Waals surface area (Å²) in [5.74, 6) is 0.465. The second-order valence-electron chi connectivity index (χ2n) is 3.49. The van der Waals surface area contributed by atoms with Gasteiger partial charge in [-0.25, -0.2) is 4.39 Å². The summed E-state index contributed by atoms with van der Waals surface area (Å²) < 4.78 is 17.6. The molecular weight excluding hydrogens is 221 g/mol. The zero-order chi connectivity index (χ0) is 12.8. The first kappa shape index (κ1) is 13.5. The van der Waals surface area contributed by atoms with Crippen LogP contribution in [0.4, 0.5) is 10.1 Å². The molecule has 0 saturated carbocycles. The Bertz CT molecular complexity index is 393. The highest BCUT2D eigenvalue weighted by Crippen LogP contribution is 2.32. The summed E-state index contributed by atoms with van der Waals surface area (Å²) in [6, 6.07) is 5.52. The molecule has 0 unspecified atom stereocenters. The highest BCUT2D eigenvalue weighted by atomic mass is 19.1. The lowest BCUT2D eigenvalue weighted by atomic mass is 10.1. The quantitative estimate of drug-likeness (QED) is 0.794. The first-order chi connectivity index (χ1) is 8.22. The van der Waals surface area contributed by atoms with Gasteiger partial charge in [-0.1, -0.05) is 19.9 Å². The van der Waals surface area contributed by atoms with Crippen molar-refractivity contribution in [2.45, 2.75) is 20.8 Å². The SMILES string of the molecule is CC.Cc1ccc2c(c1)OCC(=O)N2CCF. The van der Waals surface area contributed by atoms with E-state index in [-0.39, 0.29) is 19.1 Å². The maximum atomic E-state index is 12.3. The van der Waals surface area contributed by atoms with E-state index in [9.17, 15) is 9.18 Å². The fraction of sp³-hybridized carbons (Fsp3) is 0.462. The maximum absolute atomic E-state index is 12.3. The molecule has 3 nitrogen and oxygen atoms in total. The number of carbonyl (C=O) groups excluding carboxylic acids is 1. The Balaban J connectivity index is 0.000000686. The van der Waals surface area contributed by atoms with Crippen LogP contribution in [0.25, 0.3) is 0 Å². The average molecular weight is 239 g/mol. The van der Waals surface area contributed by atoms with Crippen LogP contribution in [0, 0.1) is 6.92 Å². The van der Waals surface area contributed by atoms with Gasteiger partial charge >= 0.3 is 0 Å². The van der Waals surface area contributed by atoms with Crippen LogP contribution >= 0.6 is 0 Å². The number of carbonyl (C=O) groups is 1. The molecule has 0 atom stereocenters. The van der Waals surface area contributed by atoms with Crippen molar-refractivity contribution in [1.82, 2.24) is 0 Å². The van der Waals surface area contributed by atoms with Gasteiger partial charge in [0.25, 0.3) is 5.91 Å². The zero-order valence-corrected chi connectivity index (χ0v) is 10.5. The summed E-state index contributed by atoms with van der Waals surface area (Å²) in [6.07, 6.45) is 0. The van der Waals surface area contributed by atoms with Crippen molar-refractivity contribution in [2.24, 2.45) is 0 Å². The minimum Gasteiger partial charge on any atom is -0.482 e. The number of alkyl halides is 1. The fourth-order valence-corrected chi connectivity index (χ4v) is 1.64. The summed E-state index contributed by atoms with van der Waals surface area (Å²) in [7, 11) is 0. The number of anilines is 1. The molecule has 0 bridgehead atoms. The first-order valence-electron chi connectivity index (χ1n) is 5.82. The Kier molecular flexibility index (Phi) is 4.94. The third kappa shape index (κ3) is 2.96. The number of hydrogen-bond donors (Lipinski definition) is 0. The predicted molar refractivity (Wildman–Crippen MR) is 66.4 cm³/mol. The van der Waals surface area contributed by atoms with Crippen LogP contribution in [0.2, 0.25) is 0 Å². The van der Waals surface area contributed by atoms with Crippen molar-refractivity contribution in [3.63, 3.8) is 0 Å². The molecule has 0 aliphatic carbocycles. The number of aryl methyl sites for hydroxylation is 1. The van der Waals surface area contributed by atoms with Crippen molar-refractivity contribution in [1.29, 1.82) is 0 Å². The Morgan fingerprint density at radius 3 is 2.76 bits per heavy atom. The topological polar surface area (TPSA) is 29.5 Å². The van der Waals surface area contributed by atoms with E-state index in [4.69, 9.17) is 4.74 Å². The van der Waals surface area contributed by atoms with Crippen LogP contribution in [-0.2, 0) is 4.79 Å². The Hall–Kier alpha value is -1.58. The lowest BCUT2D eigenvalue weighted by molar-refractivity contribution is -0.121. The number of halogens is 1. The normalized spacial score (nSPS) is 13.4. The number of nitrogens with zero attached hydrogens (tertiary/aromatic N) is 1. The number of benzene rings is 1. The largest absolute Gasteiger partial charge is 0.482 e. The molecule has 1 aromatic carbocycles. The number of rotatable bonds is 2. The lowest BCUT2D eigenvalue weighted by Gasteiger charge is -2.28. The molecule has 0 radical (unpaired) electrons. The minimum absolute atomic E-state index is 0.00352. The predicted octanol–water partition coefficient (Wildman–Crippen LogP) is 2.72. The standard InChI is InChI=1S/C11H12FNO2.C2H6/c1-8-2-3-9-10(6-8)15-7-11(14)13(9)5-4-12;1-2/h2-3,6H,4-5,7H2,1H3;1-2H3. The van der Waals surface area contributed by atoms with E-state index >= 15 is 0 Å². The van der Waals surface area contributed by atoms with E-state index in [1.54, 1.807) is 6.07 Å². The van der Waals surface area contributed by atoms with E-state index in [2.05, 4.69) is 0 Å². The van der Waals surface area contributed by atoms with Gasteiger partial charge in [0.2, 0.25) is 0 Å². The van der Waals surface area contributed by atoms with E-state index in [1.165, 1.54) is 4.90 Å². The molecule has 4 heteroatoms.